The van der Waals surface area contributed by atoms with Crippen LogP contribution in [0.1, 0.15) is 22.3 Å². The molecule has 0 saturated carbocycles. The second kappa shape index (κ2) is 7.73. The minimum atomic E-state index is -3.02. The Morgan fingerprint density at radius 3 is 1.94 bits per heavy atom. The van der Waals surface area contributed by atoms with Gasteiger partial charge in [-0.25, -0.2) is 0 Å². The summed E-state index contributed by atoms with van der Waals surface area (Å²) in [6.45, 7) is 5.56. The minimum Gasteiger partial charge on any atom is -0.792 e. The predicted molar refractivity (Wildman–Crippen MR) is 51.7 cm³/mol. The van der Waals surface area contributed by atoms with Crippen molar-refractivity contribution < 1.29 is 52.6 Å². The predicted octanol–water partition coefficient (Wildman–Crippen LogP) is -6.51. The third-order valence-corrected chi connectivity index (χ3v) is 3.03. The smallest absolute Gasteiger partial charge is 0.792 e. The molecule has 0 heterocycles. The van der Waals surface area contributed by atoms with E-state index in [2.05, 4.69) is 0 Å². The van der Waals surface area contributed by atoms with E-state index in [9.17, 15) is 14.9 Å². The number of hydrogen-bond acceptors (Lipinski definition) is 3. The van der Waals surface area contributed by atoms with Gasteiger partial charge in [0.25, 0.3) is 0 Å². The van der Waals surface area contributed by atoms with E-state index in [0.29, 0.717) is 0 Å². The molecule has 0 bridgehead atoms. The van der Waals surface area contributed by atoms with Crippen LogP contribution in [0.3, 0.4) is 0 Å². The molecule has 1 aromatic rings. The second-order valence-electron chi connectivity index (χ2n) is 3.24. The van der Waals surface area contributed by atoms with E-state index in [1.165, 1.54) is 0 Å². The fourth-order valence-electron chi connectivity index (χ4n) is 1.29. The van der Waals surface area contributed by atoms with Gasteiger partial charge in [0, 0.05) is 11.0 Å². The SMILES string of the molecule is Cc1ccc(C([O-])=[P+]([O-])[O-])c(C)c1C.[Li+].[Li+]. The van der Waals surface area contributed by atoms with Crippen LogP contribution in [0.2, 0.25) is 0 Å². The summed E-state index contributed by atoms with van der Waals surface area (Å²) in [7, 11) is -3.02. The van der Waals surface area contributed by atoms with Crippen molar-refractivity contribution in [3.8, 4) is 0 Å². The Labute approximate surface area is 121 Å². The number of benzene rings is 1. The summed E-state index contributed by atoms with van der Waals surface area (Å²) in [5, 5.41) is 11.2. The number of aryl methyl sites for hydroxylation is 1. The fourth-order valence-corrected chi connectivity index (χ4v) is 1.73. The van der Waals surface area contributed by atoms with Gasteiger partial charge in [0.2, 0.25) is 0 Å². The van der Waals surface area contributed by atoms with Crippen molar-refractivity contribution in [1.82, 2.24) is 0 Å². The third-order valence-electron chi connectivity index (χ3n) is 2.45. The second-order valence-corrected chi connectivity index (χ2v) is 4.16. The molecule has 0 saturated heterocycles. The molecule has 0 aliphatic heterocycles. The van der Waals surface area contributed by atoms with Gasteiger partial charge >= 0.3 is 37.7 Å². The molecule has 1 rings (SSSR count). The molecule has 0 amide bonds. The van der Waals surface area contributed by atoms with Crippen LogP contribution in [0.4, 0.5) is 0 Å². The first kappa shape index (κ1) is 18.8. The Morgan fingerprint density at radius 1 is 1.00 bits per heavy atom. The van der Waals surface area contributed by atoms with Crippen molar-refractivity contribution in [2.24, 2.45) is 0 Å². The first-order chi connectivity index (χ1) is 6.45. The molecule has 0 atom stereocenters. The van der Waals surface area contributed by atoms with Crippen LogP contribution in [0.15, 0.2) is 12.1 Å². The zero-order valence-corrected chi connectivity index (χ0v) is 11.2. The van der Waals surface area contributed by atoms with E-state index in [0.717, 1.165) is 16.7 Å². The maximum atomic E-state index is 11.2. The average Bonchev–Trinajstić information content (AvgIpc) is 2.13. The first-order valence-corrected chi connectivity index (χ1v) is 5.38. The summed E-state index contributed by atoms with van der Waals surface area (Å²) < 4.78 is 0. The van der Waals surface area contributed by atoms with Gasteiger partial charge in [0.05, 0.1) is 0 Å². The molecule has 6 heteroatoms. The summed E-state index contributed by atoms with van der Waals surface area (Å²) in [4.78, 5) is 21.1. The molecule has 0 N–H and O–H groups in total. The summed E-state index contributed by atoms with van der Waals surface area (Å²) in [6.07, 6.45) is 0. The van der Waals surface area contributed by atoms with E-state index in [4.69, 9.17) is 0 Å². The molecule has 0 aliphatic carbocycles. The Kier molecular flexibility index (Phi) is 9.09. The molecule has 1 aromatic carbocycles. The Bertz CT molecular complexity index is 401. The van der Waals surface area contributed by atoms with Crippen LogP contribution >= 0.6 is 8.00 Å². The normalized spacial score (nSPS) is 8.88. The fraction of sp³-hybridized carbons (Fsp3) is 0.300. The Hall–Kier alpha value is 0.465. The molecule has 0 unspecified atom stereocenters. The maximum absolute atomic E-state index is 11.2. The molecule has 0 spiro atoms. The average molecular weight is 224 g/mol. The molecule has 0 aromatic heterocycles. The Morgan fingerprint density at radius 2 is 1.50 bits per heavy atom. The largest absolute Gasteiger partial charge is 1.00 e. The van der Waals surface area contributed by atoms with Crippen molar-refractivity contribution >= 4 is 13.5 Å². The van der Waals surface area contributed by atoms with Gasteiger partial charge in [-0.3, -0.25) is 0 Å². The van der Waals surface area contributed by atoms with Gasteiger partial charge in [0.15, 0.2) is 0 Å². The molecule has 0 radical (unpaired) electrons. The van der Waals surface area contributed by atoms with Gasteiger partial charge in [-0.2, -0.15) is 0 Å². The van der Waals surface area contributed by atoms with Crippen LogP contribution < -0.4 is 52.6 Å². The number of hydrogen-bond donors (Lipinski definition) is 0. The molecular weight excluding hydrogens is 213 g/mol. The van der Waals surface area contributed by atoms with Crippen LogP contribution in [-0.2, 0) is 0 Å². The molecular formula is C10H11Li2O3P. The molecule has 76 valence electrons. The van der Waals surface area contributed by atoms with Gasteiger partial charge in [0.1, 0.15) is 0 Å². The minimum absolute atomic E-state index is 0. The topological polar surface area (TPSA) is 69.2 Å². The van der Waals surface area contributed by atoms with E-state index in [1.807, 2.05) is 13.8 Å². The summed E-state index contributed by atoms with van der Waals surface area (Å²) in [5.74, 6) is 0. The van der Waals surface area contributed by atoms with Gasteiger partial charge in [-0.05, 0) is 45.5 Å². The van der Waals surface area contributed by atoms with Crippen molar-refractivity contribution in [3.63, 3.8) is 0 Å². The summed E-state index contributed by atoms with van der Waals surface area (Å²) in [5.41, 5.74) is 2.24. The van der Waals surface area contributed by atoms with Crippen molar-refractivity contribution in [2.45, 2.75) is 20.8 Å². The van der Waals surface area contributed by atoms with Crippen LogP contribution in [0.25, 0.3) is 0 Å². The van der Waals surface area contributed by atoms with Gasteiger partial charge < -0.3 is 14.9 Å². The van der Waals surface area contributed by atoms with Crippen molar-refractivity contribution in [1.29, 1.82) is 0 Å². The van der Waals surface area contributed by atoms with E-state index < -0.39 is 13.5 Å². The number of rotatable bonds is 1. The Balaban J connectivity index is 0. The molecule has 3 nitrogen and oxygen atoms in total. The molecule has 0 aliphatic rings. The van der Waals surface area contributed by atoms with Crippen molar-refractivity contribution in [2.75, 3.05) is 0 Å². The zero-order chi connectivity index (χ0) is 10.9. The monoisotopic (exact) mass is 224 g/mol. The standard InChI is InChI=1S/C10H13O3P.2Li/c1-6-4-5-9(8(3)7(6)2)10(11)14(12)13;;/h4-5,11H,1-3H3,(H,12,13);;/q;2*+1/p-2. The van der Waals surface area contributed by atoms with Crippen LogP contribution in [0.5, 0.6) is 0 Å². The summed E-state index contributed by atoms with van der Waals surface area (Å²) in [6, 6.07) is 3.32. The molecule has 16 heavy (non-hydrogen) atoms. The van der Waals surface area contributed by atoms with Gasteiger partial charge in [-0.1, -0.05) is 12.1 Å². The first-order valence-electron chi connectivity index (χ1n) is 4.20. The van der Waals surface area contributed by atoms with E-state index in [-0.39, 0.29) is 43.3 Å². The third kappa shape index (κ3) is 4.04. The quantitative estimate of drug-likeness (QED) is 0.352. The maximum Gasteiger partial charge on any atom is 1.00 e. The summed E-state index contributed by atoms with van der Waals surface area (Å²) >= 11 is 0. The van der Waals surface area contributed by atoms with Crippen LogP contribution in [0, 0.1) is 20.8 Å². The van der Waals surface area contributed by atoms with E-state index >= 15 is 0 Å². The van der Waals surface area contributed by atoms with Crippen molar-refractivity contribution in [3.05, 3.63) is 34.4 Å². The van der Waals surface area contributed by atoms with Gasteiger partial charge in [-0.15, -0.1) is 0 Å². The molecule has 0 fully saturated rings. The van der Waals surface area contributed by atoms with E-state index in [1.54, 1.807) is 19.1 Å². The zero-order valence-electron chi connectivity index (χ0n) is 10.3. The van der Waals surface area contributed by atoms with Crippen LogP contribution in [-0.4, -0.2) is 5.48 Å².